The first kappa shape index (κ1) is 30.9. The van der Waals surface area contributed by atoms with E-state index in [4.69, 9.17) is 23.7 Å². The van der Waals surface area contributed by atoms with E-state index in [1.807, 2.05) is 0 Å². The van der Waals surface area contributed by atoms with Gasteiger partial charge in [0.15, 0.2) is 17.7 Å². The first-order valence-corrected chi connectivity index (χ1v) is 14.4. The molecule has 4 aliphatic rings. The van der Waals surface area contributed by atoms with Crippen molar-refractivity contribution in [2.45, 2.75) is 50.1 Å². The molecule has 3 heterocycles. The van der Waals surface area contributed by atoms with E-state index in [-0.39, 0.29) is 34.6 Å². The van der Waals surface area contributed by atoms with Gasteiger partial charge in [-0.2, -0.15) is 0 Å². The molecule has 1 aliphatic carbocycles. The monoisotopic (exact) mass is 638 g/mol. The highest BCUT2D eigenvalue weighted by atomic mass is 16.6. The van der Waals surface area contributed by atoms with Crippen LogP contribution in [0.1, 0.15) is 47.4 Å². The molecule has 2 aromatic carbocycles. The van der Waals surface area contributed by atoms with Gasteiger partial charge in [-0.25, -0.2) is 9.59 Å². The number of rotatable bonds is 4. The van der Waals surface area contributed by atoms with Crippen molar-refractivity contribution in [2.75, 3.05) is 14.2 Å². The number of esters is 3. The molecule has 14 nitrogen and oxygen atoms in total. The van der Waals surface area contributed by atoms with Gasteiger partial charge in [-0.3, -0.25) is 14.4 Å². The van der Waals surface area contributed by atoms with Crippen LogP contribution < -0.4 is 9.47 Å². The molecule has 0 bridgehead atoms. The van der Waals surface area contributed by atoms with E-state index in [2.05, 4.69) is 0 Å². The Labute approximate surface area is 261 Å². The van der Waals surface area contributed by atoms with Gasteiger partial charge in [-0.15, -0.1) is 0 Å². The number of fused-ring (bicyclic) bond motifs is 3. The van der Waals surface area contributed by atoms with Crippen LogP contribution in [0.3, 0.4) is 0 Å². The standard InChI is InChI=1S/C32H30O14/c1-12-9-16(33)23-26(38)22-19(46-32(23,27(12)39)30(41)43-4)8-6-15(25(22)37)14-5-7-18-21(24(14)36)17(34)11-31(45-18,29(40)42-3)28-13(2)10-20(35)44-28/h5-9,12-13,23,27-28,33,36-37,39H,10-11H2,1-4H3/t12-,13-,23?,27-,28-,31+,32+/m1/s1. The first-order valence-electron chi connectivity index (χ1n) is 14.4. The van der Waals surface area contributed by atoms with Crippen LogP contribution in [-0.4, -0.2) is 87.5 Å². The fourth-order valence-electron chi connectivity index (χ4n) is 7.06. The lowest BCUT2D eigenvalue weighted by Gasteiger charge is -2.47. The van der Waals surface area contributed by atoms with Crippen molar-refractivity contribution in [1.82, 2.24) is 0 Å². The summed E-state index contributed by atoms with van der Waals surface area (Å²) in [6.07, 6.45) is -2.20. The zero-order chi connectivity index (χ0) is 33.5. The minimum atomic E-state index is -2.35. The average Bonchev–Trinajstić information content (AvgIpc) is 3.36. The highest BCUT2D eigenvalue weighted by Crippen LogP contribution is 2.53. The van der Waals surface area contributed by atoms with Crippen LogP contribution in [0.2, 0.25) is 0 Å². The molecule has 7 atom stereocenters. The fraction of sp³-hybridized carbons (Fsp3) is 0.406. The Morgan fingerprint density at radius 3 is 2.02 bits per heavy atom. The summed E-state index contributed by atoms with van der Waals surface area (Å²) in [5, 5.41) is 44.6. The van der Waals surface area contributed by atoms with E-state index in [1.54, 1.807) is 6.92 Å². The second kappa shape index (κ2) is 10.5. The Morgan fingerprint density at radius 1 is 0.870 bits per heavy atom. The van der Waals surface area contributed by atoms with Crippen molar-refractivity contribution in [1.29, 1.82) is 0 Å². The van der Waals surface area contributed by atoms with Crippen LogP contribution in [0.15, 0.2) is 36.1 Å². The van der Waals surface area contributed by atoms with Crippen molar-refractivity contribution >= 4 is 29.5 Å². The predicted octanol–water partition coefficient (Wildman–Crippen LogP) is 2.15. The number of aliphatic hydroxyl groups excluding tert-OH is 2. The Bertz CT molecular complexity index is 1760. The summed E-state index contributed by atoms with van der Waals surface area (Å²) in [6.45, 7) is 3.17. The number of ether oxygens (including phenoxy) is 5. The minimum absolute atomic E-state index is 0.00873. The largest absolute Gasteiger partial charge is 0.512 e. The Balaban J connectivity index is 1.45. The summed E-state index contributed by atoms with van der Waals surface area (Å²) in [5.74, 6) is -9.88. The number of hydrogen-bond donors (Lipinski definition) is 4. The van der Waals surface area contributed by atoms with Crippen LogP contribution in [-0.2, 0) is 28.6 Å². The minimum Gasteiger partial charge on any atom is -0.512 e. The number of methoxy groups -OCH3 is 2. The van der Waals surface area contributed by atoms with E-state index >= 15 is 0 Å². The highest BCUT2D eigenvalue weighted by molar-refractivity contribution is 6.12. The predicted molar refractivity (Wildman–Crippen MR) is 152 cm³/mol. The zero-order valence-electron chi connectivity index (χ0n) is 25.1. The van der Waals surface area contributed by atoms with Gasteiger partial charge < -0.3 is 44.1 Å². The third-order valence-electron chi connectivity index (χ3n) is 9.21. The molecule has 46 heavy (non-hydrogen) atoms. The fourth-order valence-corrected chi connectivity index (χ4v) is 7.06. The number of carbonyl (C=O) groups is 5. The van der Waals surface area contributed by atoms with Crippen LogP contribution in [0.4, 0.5) is 0 Å². The Hall–Kier alpha value is -5.11. The van der Waals surface area contributed by atoms with Gasteiger partial charge >= 0.3 is 17.9 Å². The van der Waals surface area contributed by atoms with Crippen molar-refractivity contribution in [3.8, 4) is 34.1 Å². The van der Waals surface area contributed by atoms with Gasteiger partial charge in [-0.1, -0.05) is 13.8 Å². The first-order chi connectivity index (χ1) is 21.7. The number of hydrogen-bond acceptors (Lipinski definition) is 14. The highest BCUT2D eigenvalue weighted by Gasteiger charge is 2.66. The maximum atomic E-state index is 13.9. The maximum absolute atomic E-state index is 13.9. The molecule has 0 radical (unpaired) electrons. The van der Waals surface area contributed by atoms with Crippen LogP contribution in [0.5, 0.6) is 23.0 Å². The van der Waals surface area contributed by atoms with E-state index in [0.29, 0.717) is 0 Å². The molecule has 1 saturated heterocycles. The topological polar surface area (TPSA) is 212 Å². The number of cyclic esters (lactones) is 1. The summed E-state index contributed by atoms with van der Waals surface area (Å²) in [7, 11) is 2.13. The molecule has 3 aliphatic heterocycles. The van der Waals surface area contributed by atoms with Gasteiger partial charge in [0.1, 0.15) is 51.9 Å². The number of phenols is 2. The van der Waals surface area contributed by atoms with Crippen LogP contribution >= 0.6 is 0 Å². The Morgan fingerprint density at radius 2 is 1.46 bits per heavy atom. The van der Waals surface area contributed by atoms with Crippen molar-refractivity contribution in [3.05, 3.63) is 47.2 Å². The van der Waals surface area contributed by atoms with Gasteiger partial charge in [0.2, 0.25) is 11.2 Å². The Kier molecular flexibility index (Phi) is 7.04. The van der Waals surface area contributed by atoms with Crippen molar-refractivity contribution < 1.29 is 68.1 Å². The number of carbonyl (C=O) groups excluding carboxylic acids is 5. The molecule has 0 spiro atoms. The smallest absolute Gasteiger partial charge is 0.354 e. The number of aromatic hydroxyl groups is 2. The average molecular weight is 639 g/mol. The SMILES string of the molecule is COC(=O)[C@@]1([C@@H]2OC(=O)C[C@H]2C)CC(=O)c2c(ccc(-c3ccc4c(c3O)C(=O)C3C(O)=C[C@@H](C)[C@@H](O)[C@@]3(C(=O)OC)O4)c2O)O1. The molecule has 6 rings (SSSR count). The number of phenolic OH excluding ortho intramolecular Hbond substituents is 2. The van der Waals surface area contributed by atoms with E-state index in [9.17, 15) is 44.4 Å². The van der Waals surface area contributed by atoms with Gasteiger partial charge in [-0.05, 0) is 30.3 Å². The quantitative estimate of drug-likeness (QED) is 0.279. The molecule has 1 unspecified atom stereocenters. The van der Waals surface area contributed by atoms with Crippen LogP contribution in [0.25, 0.3) is 11.1 Å². The van der Waals surface area contributed by atoms with Gasteiger partial charge in [0, 0.05) is 23.0 Å². The molecule has 0 saturated carbocycles. The third-order valence-corrected chi connectivity index (χ3v) is 9.21. The van der Waals surface area contributed by atoms with Gasteiger partial charge in [0.25, 0.3) is 0 Å². The lowest BCUT2D eigenvalue weighted by molar-refractivity contribution is -0.182. The van der Waals surface area contributed by atoms with E-state index < -0.39 is 99.9 Å². The zero-order valence-corrected chi connectivity index (χ0v) is 25.1. The molecule has 0 aromatic heterocycles. The van der Waals surface area contributed by atoms with Crippen LogP contribution in [0, 0.1) is 17.8 Å². The number of Topliss-reactive ketones (excluding diaryl/α,β-unsaturated/α-hetero) is 2. The summed E-state index contributed by atoms with van der Waals surface area (Å²) in [5.41, 5.74) is -5.39. The lowest BCUT2D eigenvalue weighted by Crippen LogP contribution is -2.67. The summed E-state index contributed by atoms with van der Waals surface area (Å²) >= 11 is 0. The number of benzene rings is 2. The molecule has 1 fully saturated rings. The summed E-state index contributed by atoms with van der Waals surface area (Å²) in [6, 6.07) is 5.03. The normalized spacial score (nSPS) is 31.3. The molecule has 0 amide bonds. The molecule has 2 aromatic rings. The second-order valence-corrected chi connectivity index (χ2v) is 11.9. The second-order valence-electron chi connectivity index (χ2n) is 11.9. The lowest BCUT2D eigenvalue weighted by atomic mass is 9.67. The van der Waals surface area contributed by atoms with E-state index in [1.165, 1.54) is 37.3 Å². The number of aliphatic hydroxyl groups is 2. The molecular weight excluding hydrogens is 608 g/mol. The van der Waals surface area contributed by atoms with Crippen molar-refractivity contribution in [2.24, 2.45) is 17.8 Å². The molecule has 14 heteroatoms. The molecule has 242 valence electrons. The number of ketones is 2. The summed E-state index contributed by atoms with van der Waals surface area (Å²) < 4.78 is 27.1. The summed E-state index contributed by atoms with van der Waals surface area (Å²) in [4.78, 5) is 65.5. The van der Waals surface area contributed by atoms with Gasteiger partial charge in [0.05, 0.1) is 27.1 Å². The van der Waals surface area contributed by atoms with E-state index in [0.717, 1.165) is 14.2 Å². The molecule has 4 N–H and O–H groups in total. The molecular formula is C32H30O14. The third kappa shape index (κ3) is 4.02. The maximum Gasteiger partial charge on any atom is 0.354 e. The van der Waals surface area contributed by atoms with Crippen molar-refractivity contribution in [3.63, 3.8) is 0 Å².